The van der Waals surface area contributed by atoms with Gasteiger partial charge in [0.15, 0.2) is 0 Å². The van der Waals surface area contributed by atoms with Crippen LogP contribution in [0.3, 0.4) is 0 Å². The van der Waals surface area contributed by atoms with Crippen LogP contribution in [0.5, 0.6) is 0 Å². The molecule has 0 amide bonds. The molecule has 0 aromatic heterocycles. The summed E-state index contributed by atoms with van der Waals surface area (Å²) in [6, 6.07) is 35.9. The van der Waals surface area contributed by atoms with Crippen molar-refractivity contribution < 1.29 is 0 Å². The minimum atomic E-state index is 0.803. The van der Waals surface area contributed by atoms with E-state index >= 15 is 0 Å². The van der Waals surface area contributed by atoms with Gasteiger partial charge >= 0.3 is 0 Å². The number of rotatable bonds is 4. The summed E-state index contributed by atoms with van der Waals surface area (Å²) in [4.78, 5) is 0. The summed E-state index contributed by atoms with van der Waals surface area (Å²) in [5.74, 6) is 0. The minimum Gasteiger partial charge on any atom is -0.151 e. The minimum absolute atomic E-state index is 0.803. The van der Waals surface area contributed by atoms with Crippen LogP contribution in [0.25, 0.3) is 21.5 Å². The molecule has 0 saturated heterocycles. The first-order valence-electron chi connectivity index (χ1n) is 13.8. The topological polar surface area (TPSA) is 49.4 Å². The average Bonchev–Trinajstić information content (AvgIpc) is 3.03. The number of azo groups is 2. The van der Waals surface area contributed by atoms with Crippen LogP contribution in [-0.4, -0.2) is 0 Å². The second-order valence-corrected chi connectivity index (χ2v) is 6.88. The first-order valence-corrected chi connectivity index (χ1v) is 13.8. The number of hydrogen-bond donors (Lipinski definition) is 0. The van der Waals surface area contributed by atoms with Gasteiger partial charge in [-0.25, -0.2) is 0 Å². The van der Waals surface area contributed by atoms with Gasteiger partial charge in [0.05, 0.1) is 22.7 Å². The predicted molar refractivity (Wildman–Crippen MR) is 168 cm³/mol. The summed E-state index contributed by atoms with van der Waals surface area (Å²) in [5.41, 5.74) is 3.28. The molecular formula is C34H42N4. The Morgan fingerprint density at radius 1 is 0.316 bits per heavy atom. The van der Waals surface area contributed by atoms with E-state index in [1.807, 2.05) is 146 Å². The molecule has 0 bridgehead atoms. The quantitative estimate of drug-likeness (QED) is 0.218. The van der Waals surface area contributed by atoms with E-state index in [0.717, 1.165) is 44.3 Å². The fourth-order valence-corrected chi connectivity index (χ4v) is 3.45. The van der Waals surface area contributed by atoms with Gasteiger partial charge in [0.1, 0.15) is 0 Å². The van der Waals surface area contributed by atoms with E-state index < -0.39 is 0 Å². The van der Waals surface area contributed by atoms with Gasteiger partial charge in [-0.05, 0) is 35.7 Å². The number of benzene rings is 5. The van der Waals surface area contributed by atoms with Crippen LogP contribution < -0.4 is 0 Å². The smallest absolute Gasteiger partial charge is 0.0936 e. The predicted octanol–water partition coefficient (Wildman–Crippen LogP) is 12.9. The van der Waals surface area contributed by atoms with Crippen molar-refractivity contribution >= 4 is 44.3 Å². The fraction of sp³-hybridized carbons (Fsp3) is 0.235. The Hall–Kier alpha value is -4.18. The number of hydrogen-bond acceptors (Lipinski definition) is 4. The van der Waals surface area contributed by atoms with Crippen LogP contribution in [0.1, 0.15) is 55.4 Å². The van der Waals surface area contributed by atoms with Crippen LogP contribution in [0, 0.1) is 0 Å². The molecule has 38 heavy (non-hydrogen) atoms. The summed E-state index contributed by atoms with van der Waals surface area (Å²) in [7, 11) is 0. The van der Waals surface area contributed by atoms with Crippen molar-refractivity contribution in [2.45, 2.75) is 55.4 Å². The zero-order valence-electron chi connectivity index (χ0n) is 24.2. The molecule has 5 aromatic rings. The van der Waals surface area contributed by atoms with Crippen LogP contribution in [0.4, 0.5) is 22.7 Å². The molecular weight excluding hydrogens is 464 g/mol. The van der Waals surface area contributed by atoms with E-state index in [1.165, 1.54) is 0 Å². The molecule has 0 saturated carbocycles. The Bertz CT molecular complexity index is 1380. The largest absolute Gasteiger partial charge is 0.151 e. The second-order valence-electron chi connectivity index (χ2n) is 6.88. The Kier molecular flexibility index (Phi) is 15.9. The Labute approximate surface area is 229 Å². The lowest BCUT2D eigenvalue weighted by molar-refractivity contribution is 1.23. The van der Waals surface area contributed by atoms with Gasteiger partial charge in [-0.3, -0.25) is 0 Å². The molecule has 0 atom stereocenters. The SMILES string of the molecule is CC.CC.CC.CC.c1ccc(N=Nc2ccc(N=Nc3cccc4ccccc34)c3ccccc23)cc1. The van der Waals surface area contributed by atoms with Gasteiger partial charge in [-0.15, -0.1) is 15.3 Å². The molecule has 198 valence electrons. The van der Waals surface area contributed by atoms with E-state index in [-0.39, 0.29) is 0 Å². The van der Waals surface area contributed by atoms with Gasteiger partial charge in [0, 0.05) is 16.2 Å². The summed E-state index contributed by atoms with van der Waals surface area (Å²) in [6.45, 7) is 16.0. The van der Waals surface area contributed by atoms with Crippen molar-refractivity contribution in [2.24, 2.45) is 20.5 Å². The summed E-state index contributed by atoms with van der Waals surface area (Å²) in [6.07, 6.45) is 0. The first kappa shape index (κ1) is 31.8. The van der Waals surface area contributed by atoms with Crippen molar-refractivity contribution in [2.75, 3.05) is 0 Å². The van der Waals surface area contributed by atoms with E-state index in [1.54, 1.807) is 0 Å². The van der Waals surface area contributed by atoms with Crippen LogP contribution >= 0.6 is 0 Å². The van der Waals surface area contributed by atoms with Crippen molar-refractivity contribution in [3.8, 4) is 0 Å². The molecule has 0 aliphatic carbocycles. The zero-order chi connectivity index (χ0) is 28.2. The molecule has 5 aromatic carbocycles. The van der Waals surface area contributed by atoms with Crippen molar-refractivity contribution in [3.05, 3.63) is 109 Å². The third kappa shape index (κ3) is 8.74. The van der Waals surface area contributed by atoms with E-state index in [4.69, 9.17) is 0 Å². The summed E-state index contributed by atoms with van der Waals surface area (Å²) < 4.78 is 0. The molecule has 0 fully saturated rings. The van der Waals surface area contributed by atoms with Crippen LogP contribution in [-0.2, 0) is 0 Å². The Balaban J connectivity index is 0.000000829. The molecule has 0 N–H and O–H groups in total. The first-order chi connectivity index (χ1) is 18.9. The fourth-order valence-electron chi connectivity index (χ4n) is 3.45. The standard InChI is InChI=1S/C26H18N4.4C2H6/c1-2-11-20(12-3-1)27-28-25-17-18-26(23-15-7-6-14-22(23)25)30-29-24-16-8-10-19-9-4-5-13-21(19)24;4*1-2/h1-18H;4*1-2H3. The van der Waals surface area contributed by atoms with Crippen molar-refractivity contribution in [1.29, 1.82) is 0 Å². The molecule has 0 radical (unpaired) electrons. The lowest BCUT2D eigenvalue weighted by Crippen LogP contribution is -1.76. The lowest BCUT2D eigenvalue weighted by Gasteiger charge is -2.05. The van der Waals surface area contributed by atoms with Gasteiger partial charge in [-0.2, -0.15) is 5.11 Å². The molecule has 0 aliphatic rings. The third-order valence-electron chi connectivity index (χ3n) is 4.94. The van der Waals surface area contributed by atoms with Crippen LogP contribution in [0.2, 0.25) is 0 Å². The highest BCUT2D eigenvalue weighted by Crippen LogP contribution is 2.36. The monoisotopic (exact) mass is 506 g/mol. The second kappa shape index (κ2) is 19.0. The highest BCUT2D eigenvalue weighted by molar-refractivity contribution is 6.00. The highest BCUT2D eigenvalue weighted by atomic mass is 15.1. The molecule has 0 spiro atoms. The van der Waals surface area contributed by atoms with E-state index in [2.05, 4.69) is 38.7 Å². The van der Waals surface area contributed by atoms with Gasteiger partial charge in [-0.1, -0.05) is 134 Å². The zero-order valence-corrected chi connectivity index (χ0v) is 24.2. The highest BCUT2D eigenvalue weighted by Gasteiger charge is 2.06. The molecule has 0 aliphatic heterocycles. The van der Waals surface area contributed by atoms with Crippen molar-refractivity contribution in [1.82, 2.24) is 0 Å². The van der Waals surface area contributed by atoms with Gasteiger partial charge in [0.25, 0.3) is 0 Å². The summed E-state index contributed by atoms with van der Waals surface area (Å²) in [5, 5.41) is 22.1. The van der Waals surface area contributed by atoms with Crippen LogP contribution in [0.15, 0.2) is 130 Å². The summed E-state index contributed by atoms with van der Waals surface area (Å²) >= 11 is 0. The maximum absolute atomic E-state index is 4.57. The van der Waals surface area contributed by atoms with Crippen molar-refractivity contribution in [3.63, 3.8) is 0 Å². The number of nitrogens with zero attached hydrogens (tertiary/aromatic N) is 4. The van der Waals surface area contributed by atoms with E-state index in [9.17, 15) is 0 Å². The lowest BCUT2D eigenvalue weighted by atomic mass is 10.1. The molecule has 4 nitrogen and oxygen atoms in total. The molecule has 0 heterocycles. The van der Waals surface area contributed by atoms with Gasteiger partial charge < -0.3 is 0 Å². The maximum atomic E-state index is 4.57. The maximum Gasteiger partial charge on any atom is 0.0936 e. The molecule has 5 rings (SSSR count). The molecule has 0 unspecified atom stereocenters. The normalized spacial score (nSPS) is 9.89. The number of fused-ring (bicyclic) bond motifs is 2. The average molecular weight is 507 g/mol. The molecule has 4 heteroatoms. The van der Waals surface area contributed by atoms with E-state index in [0.29, 0.717) is 0 Å². The Morgan fingerprint density at radius 3 is 1.26 bits per heavy atom. The van der Waals surface area contributed by atoms with Gasteiger partial charge in [0.2, 0.25) is 0 Å². The third-order valence-corrected chi connectivity index (χ3v) is 4.94. The Morgan fingerprint density at radius 2 is 0.711 bits per heavy atom.